The van der Waals surface area contributed by atoms with Crippen LogP contribution >= 0.6 is 0 Å². The molecule has 2 aromatic rings. The summed E-state index contributed by atoms with van der Waals surface area (Å²) < 4.78 is 32.9. The Bertz CT molecular complexity index is 628. The normalized spacial score (nSPS) is 12.2. The minimum atomic E-state index is -0.421. The lowest BCUT2D eigenvalue weighted by Crippen LogP contribution is -2.17. The van der Waals surface area contributed by atoms with Crippen molar-refractivity contribution in [2.45, 2.75) is 19.9 Å². The number of hydrogen-bond acceptors (Lipinski definition) is 2. The lowest BCUT2D eigenvalue weighted by atomic mass is 9.98. The van der Waals surface area contributed by atoms with E-state index in [9.17, 15) is 8.78 Å². The van der Waals surface area contributed by atoms with Gasteiger partial charge in [-0.1, -0.05) is 13.0 Å². The Morgan fingerprint density at radius 2 is 1.86 bits per heavy atom. The summed E-state index contributed by atoms with van der Waals surface area (Å²) in [5.74, 6) is -0.370. The first kappa shape index (κ1) is 15.4. The maximum absolute atomic E-state index is 14.2. The second kappa shape index (κ2) is 6.68. The van der Waals surface area contributed by atoms with Crippen LogP contribution < -0.4 is 10.1 Å². The van der Waals surface area contributed by atoms with Gasteiger partial charge in [-0.2, -0.15) is 0 Å². The molecule has 1 atom stereocenters. The van der Waals surface area contributed by atoms with Crippen molar-refractivity contribution in [2.75, 3.05) is 13.7 Å². The third-order valence-corrected chi connectivity index (χ3v) is 3.45. The van der Waals surface area contributed by atoms with Crippen molar-refractivity contribution in [3.05, 3.63) is 53.6 Å². The molecule has 0 amide bonds. The molecule has 0 aromatic heterocycles. The van der Waals surface area contributed by atoms with Gasteiger partial charge in [0.1, 0.15) is 17.4 Å². The molecule has 0 fully saturated rings. The Morgan fingerprint density at radius 1 is 1.10 bits per heavy atom. The van der Waals surface area contributed by atoms with Crippen molar-refractivity contribution in [1.82, 2.24) is 5.32 Å². The Labute approximate surface area is 123 Å². The maximum atomic E-state index is 14.2. The molecule has 0 aliphatic rings. The van der Waals surface area contributed by atoms with E-state index in [0.29, 0.717) is 16.9 Å². The third-order valence-electron chi connectivity index (χ3n) is 3.45. The summed E-state index contributed by atoms with van der Waals surface area (Å²) in [6, 6.07) is 9.06. The predicted molar refractivity (Wildman–Crippen MR) is 80.4 cm³/mol. The zero-order chi connectivity index (χ0) is 15.4. The Hall–Kier alpha value is -1.94. The fourth-order valence-electron chi connectivity index (χ4n) is 2.33. The monoisotopic (exact) mass is 291 g/mol. The van der Waals surface area contributed by atoms with Gasteiger partial charge in [-0.3, -0.25) is 0 Å². The number of benzene rings is 2. The molecule has 2 aromatic carbocycles. The van der Waals surface area contributed by atoms with Crippen molar-refractivity contribution in [2.24, 2.45) is 0 Å². The van der Waals surface area contributed by atoms with Crippen molar-refractivity contribution in [3.8, 4) is 16.9 Å². The second-order valence-electron chi connectivity index (χ2n) is 4.86. The first-order valence-electron chi connectivity index (χ1n) is 6.93. The SMILES string of the molecule is CCNC(C)c1ccc(F)c(-c2cc(F)ccc2OC)c1. The molecule has 0 aliphatic heterocycles. The number of rotatable bonds is 5. The number of halogens is 2. The second-order valence-corrected chi connectivity index (χ2v) is 4.86. The van der Waals surface area contributed by atoms with E-state index in [2.05, 4.69) is 5.32 Å². The highest BCUT2D eigenvalue weighted by Gasteiger charge is 2.14. The van der Waals surface area contributed by atoms with E-state index in [0.717, 1.165) is 12.1 Å². The highest BCUT2D eigenvalue weighted by atomic mass is 19.1. The minimum absolute atomic E-state index is 0.0916. The van der Waals surface area contributed by atoms with Crippen LogP contribution in [0.2, 0.25) is 0 Å². The summed E-state index contributed by atoms with van der Waals surface area (Å²) in [6.45, 7) is 4.83. The number of methoxy groups -OCH3 is 1. The molecular formula is C17H19F2NO. The van der Waals surface area contributed by atoms with Gasteiger partial charge in [0, 0.05) is 17.2 Å². The van der Waals surface area contributed by atoms with Crippen LogP contribution in [0.4, 0.5) is 8.78 Å². The fourth-order valence-corrected chi connectivity index (χ4v) is 2.33. The molecule has 2 rings (SSSR count). The van der Waals surface area contributed by atoms with Gasteiger partial charge in [0.05, 0.1) is 7.11 Å². The highest BCUT2D eigenvalue weighted by Crippen LogP contribution is 2.34. The summed E-state index contributed by atoms with van der Waals surface area (Å²) in [4.78, 5) is 0. The smallest absolute Gasteiger partial charge is 0.131 e. The van der Waals surface area contributed by atoms with Crippen molar-refractivity contribution < 1.29 is 13.5 Å². The molecule has 0 radical (unpaired) electrons. The highest BCUT2D eigenvalue weighted by molar-refractivity contribution is 5.71. The molecule has 112 valence electrons. The molecule has 4 heteroatoms. The Kier molecular flexibility index (Phi) is 4.91. The zero-order valence-corrected chi connectivity index (χ0v) is 12.4. The van der Waals surface area contributed by atoms with Gasteiger partial charge >= 0.3 is 0 Å². The van der Waals surface area contributed by atoms with Crippen LogP contribution in [-0.2, 0) is 0 Å². The van der Waals surface area contributed by atoms with E-state index in [1.54, 1.807) is 12.1 Å². The molecule has 0 saturated heterocycles. The first-order chi connectivity index (χ1) is 10.1. The van der Waals surface area contributed by atoms with Gasteiger partial charge < -0.3 is 10.1 Å². The van der Waals surface area contributed by atoms with Crippen LogP contribution in [0.5, 0.6) is 5.75 Å². The summed E-state index contributed by atoms with van der Waals surface area (Å²) in [5.41, 5.74) is 1.70. The average molecular weight is 291 g/mol. The topological polar surface area (TPSA) is 21.3 Å². The van der Waals surface area contributed by atoms with Crippen LogP contribution in [0.15, 0.2) is 36.4 Å². The summed E-state index contributed by atoms with van der Waals surface area (Å²) >= 11 is 0. The van der Waals surface area contributed by atoms with Gasteiger partial charge in [-0.15, -0.1) is 0 Å². The average Bonchev–Trinajstić information content (AvgIpc) is 2.48. The molecule has 0 spiro atoms. The number of nitrogens with one attached hydrogen (secondary N) is 1. The molecule has 0 saturated carbocycles. The molecular weight excluding hydrogens is 272 g/mol. The van der Waals surface area contributed by atoms with Crippen LogP contribution in [0, 0.1) is 11.6 Å². The quantitative estimate of drug-likeness (QED) is 0.886. The van der Waals surface area contributed by atoms with E-state index in [-0.39, 0.29) is 6.04 Å². The van der Waals surface area contributed by atoms with E-state index < -0.39 is 11.6 Å². The van der Waals surface area contributed by atoms with Crippen LogP contribution in [0.25, 0.3) is 11.1 Å². The van der Waals surface area contributed by atoms with E-state index in [1.165, 1.54) is 31.4 Å². The molecule has 2 nitrogen and oxygen atoms in total. The minimum Gasteiger partial charge on any atom is -0.496 e. The fraction of sp³-hybridized carbons (Fsp3) is 0.294. The van der Waals surface area contributed by atoms with E-state index >= 15 is 0 Å². The van der Waals surface area contributed by atoms with Crippen molar-refractivity contribution in [1.29, 1.82) is 0 Å². The maximum Gasteiger partial charge on any atom is 0.131 e. The van der Waals surface area contributed by atoms with Crippen LogP contribution in [-0.4, -0.2) is 13.7 Å². The number of hydrogen-bond donors (Lipinski definition) is 1. The Morgan fingerprint density at radius 3 is 2.52 bits per heavy atom. The van der Waals surface area contributed by atoms with Crippen molar-refractivity contribution >= 4 is 0 Å². The summed E-state index contributed by atoms with van der Waals surface area (Å²) in [5, 5.41) is 3.27. The predicted octanol–water partition coefficient (Wildman–Crippen LogP) is 4.31. The standard InChI is InChI=1S/C17H19F2NO/c1-4-20-11(2)12-5-7-16(19)14(9-12)15-10-13(18)6-8-17(15)21-3/h5-11,20H,4H2,1-3H3. The van der Waals surface area contributed by atoms with Gasteiger partial charge in [0.25, 0.3) is 0 Å². The largest absolute Gasteiger partial charge is 0.496 e. The lowest BCUT2D eigenvalue weighted by molar-refractivity contribution is 0.415. The van der Waals surface area contributed by atoms with Crippen LogP contribution in [0.1, 0.15) is 25.5 Å². The molecule has 21 heavy (non-hydrogen) atoms. The zero-order valence-electron chi connectivity index (χ0n) is 12.4. The molecule has 0 aliphatic carbocycles. The van der Waals surface area contributed by atoms with Crippen LogP contribution in [0.3, 0.4) is 0 Å². The molecule has 1 unspecified atom stereocenters. The van der Waals surface area contributed by atoms with Gasteiger partial charge in [0.15, 0.2) is 0 Å². The lowest BCUT2D eigenvalue weighted by Gasteiger charge is -2.16. The van der Waals surface area contributed by atoms with E-state index in [1.807, 2.05) is 13.8 Å². The molecule has 0 heterocycles. The summed E-state index contributed by atoms with van der Waals surface area (Å²) in [7, 11) is 1.49. The molecule has 1 N–H and O–H groups in total. The third kappa shape index (κ3) is 3.39. The van der Waals surface area contributed by atoms with Gasteiger partial charge in [-0.25, -0.2) is 8.78 Å². The van der Waals surface area contributed by atoms with Gasteiger partial charge in [-0.05, 0) is 49.4 Å². The van der Waals surface area contributed by atoms with Gasteiger partial charge in [0.2, 0.25) is 0 Å². The summed E-state index contributed by atoms with van der Waals surface area (Å²) in [6.07, 6.45) is 0. The number of ether oxygens (including phenoxy) is 1. The van der Waals surface area contributed by atoms with E-state index in [4.69, 9.17) is 4.74 Å². The van der Waals surface area contributed by atoms with Crippen molar-refractivity contribution in [3.63, 3.8) is 0 Å². The Balaban J connectivity index is 2.53. The first-order valence-corrected chi connectivity index (χ1v) is 6.93. The molecule has 0 bridgehead atoms.